The zero-order chi connectivity index (χ0) is 14.7. The molecular formula is C14H13BrN2OS2. The first-order valence-electron chi connectivity index (χ1n) is 5.86. The number of thiophene rings is 1. The lowest BCUT2D eigenvalue weighted by Gasteiger charge is -2.17. The highest BCUT2D eigenvalue weighted by atomic mass is 79.9. The lowest BCUT2D eigenvalue weighted by molar-refractivity contribution is 0.0789. The van der Waals surface area contributed by atoms with Gasteiger partial charge in [-0.3, -0.25) is 4.79 Å². The molecule has 0 aliphatic carbocycles. The number of rotatable bonds is 4. The van der Waals surface area contributed by atoms with E-state index in [1.54, 1.807) is 11.9 Å². The number of hydrogen-bond acceptors (Lipinski definition) is 3. The zero-order valence-electron chi connectivity index (χ0n) is 10.8. The number of thiocarbonyl (C=S) groups is 1. The Morgan fingerprint density at radius 3 is 2.80 bits per heavy atom. The van der Waals surface area contributed by atoms with Gasteiger partial charge in [-0.2, -0.15) is 0 Å². The highest BCUT2D eigenvalue weighted by Gasteiger charge is 2.16. The number of hydrogen-bond donors (Lipinski definition) is 1. The maximum Gasteiger partial charge on any atom is 0.265 e. The summed E-state index contributed by atoms with van der Waals surface area (Å²) in [4.78, 5) is 15.1. The number of carbonyl (C=O) groups excluding carboxylic acids is 1. The van der Waals surface area contributed by atoms with Crippen molar-refractivity contribution in [1.29, 1.82) is 0 Å². The minimum absolute atomic E-state index is 0.00685. The fourth-order valence-corrected chi connectivity index (χ4v) is 3.45. The SMILES string of the molecule is CN(Cc1cccc(C(N)=S)c1)C(=O)c1sccc1Br. The molecule has 104 valence electrons. The van der Waals surface area contributed by atoms with Crippen molar-refractivity contribution in [2.45, 2.75) is 6.54 Å². The number of benzene rings is 1. The largest absolute Gasteiger partial charge is 0.389 e. The number of nitrogens with two attached hydrogens (primary N) is 1. The normalized spacial score (nSPS) is 10.3. The highest BCUT2D eigenvalue weighted by molar-refractivity contribution is 9.10. The second-order valence-electron chi connectivity index (χ2n) is 4.32. The first kappa shape index (κ1) is 15.2. The molecule has 0 bridgehead atoms. The maximum absolute atomic E-state index is 12.3. The van der Waals surface area contributed by atoms with Crippen molar-refractivity contribution in [2.24, 2.45) is 5.73 Å². The van der Waals surface area contributed by atoms with Gasteiger partial charge in [-0.15, -0.1) is 11.3 Å². The van der Waals surface area contributed by atoms with Crippen molar-refractivity contribution >= 4 is 50.4 Å². The summed E-state index contributed by atoms with van der Waals surface area (Å²) in [7, 11) is 1.78. The topological polar surface area (TPSA) is 46.3 Å². The van der Waals surface area contributed by atoms with Crippen LogP contribution in [-0.2, 0) is 6.54 Å². The quantitative estimate of drug-likeness (QED) is 0.841. The van der Waals surface area contributed by atoms with Gasteiger partial charge in [0.15, 0.2) is 0 Å². The number of amides is 1. The van der Waals surface area contributed by atoms with E-state index in [2.05, 4.69) is 15.9 Å². The predicted octanol–water partition coefficient (Wildman–Crippen LogP) is 3.42. The van der Waals surface area contributed by atoms with Crippen LogP contribution in [0.15, 0.2) is 40.2 Å². The van der Waals surface area contributed by atoms with E-state index < -0.39 is 0 Å². The van der Waals surface area contributed by atoms with Crippen LogP contribution in [0.5, 0.6) is 0 Å². The monoisotopic (exact) mass is 368 g/mol. The van der Waals surface area contributed by atoms with E-state index in [1.807, 2.05) is 35.7 Å². The van der Waals surface area contributed by atoms with E-state index in [9.17, 15) is 4.79 Å². The Hall–Kier alpha value is -1.24. The zero-order valence-corrected chi connectivity index (χ0v) is 14.0. The molecule has 3 nitrogen and oxygen atoms in total. The van der Waals surface area contributed by atoms with Crippen molar-refractivity contribution in [1.82, 2.24) is 4.90 Å². The summed E-state index contributed by atoms with van der Waals surface area (Å²) in [6.07, 6.45) is 0. The Morgan fingerprint density at radius 2 is 2.20 bits per heavy atom. The molecule has 2 N–H and O–H groups in total. The van der Waals surface area contributed by atoms with E-state index in [4.69, 9.17) is 18.0 Å². The van der Waals surface area contributed by atoms with E-state index in [0.29, 0.717) is 16.4 Å². The molecule has 20 heavy (non-hydrogen) atoms. The standard InChI is InChI=1S/C14H13BrN2OS2/c1-17(14(18)12-11(15)5-6-20-12)8-9-3-2-4-10(7-9)13(16)19/h2-7H,8H2,1H3,(H2,16,19). The molecule has 0 saturated heterocycles. The molecule has 0 aliphatic heterocycles. The molecule has 0 unspecified atom stereocenters. The molecule has 6 heteroatoms. The molecule has 0 saturated carbocycles. The molecular weight excluding hydrogens is 356 g/mol. The van der Waals surface area contributed by atoms with E-state index >= 15 is 0 Å². The summed E-state index contributed by atoms with van der Waals surface area (Å²) in [6.45, 7) is 0.514. The average Bonchev–Trinajstić information content (AvgIpc) is 2.84. The molecule has 0 fully saturated rings. The fourth-order valence-electron chi connectivity index (χ4n) is 1.79. The van der Waals surface area contributed by atoms with Gasteiger partial charge in [0.1, 0.15) is 9.87 Å². The molecule has 1 amide bonds. The molecule has 0 aliphatic rings. The van der Waals surface area contributed by atoms with Gasteiger partial charge < -0.3 is 10.6 Å². The lowest BCUT2D eigenvalue weighted by Crippen LogP contribution is -2.25. The Kier molecular flexibility index (Phi) is 4.91. The first-order valence-corrected chi connectivity index (χ1v) is 7.94. The predicted molar refractivity (Wildman–Crippen MR) is 90.1 cm³/mol. The second kappa shape index (κ2) is 6.47. The van der Waals surface area contributed by atoms with Crippen LogP contribution in [0.25, 0.3) is 0 Å². The smallest absolute Gasteiger partial charge is 0.265 e. The molecule has 1 aromatic heterocycles. The third kappa shape index (κ3) is 3.45. The van der Waals surface area contributed by atoms with Crippen molar-refractivity contribution in [3.8, 4) is 0 Å². The van der Waals surface area contributed by atoms with Gasteiger partial charge in [-0.1, -0.05) is 30.4 Å². The molecule has 2 rings (SSSR count). The van der Waals surface area contributed by atoms with E-state index in [-0.39, 0.29) is 5.91 Å². The second-order valence-corrected chi connectivity index (χ2v) is 6.53. The van der Waals surface area contributed by atoms with Gasteiger partial charge in [-0.05, 0) is 39.0 Å². The number of halogens is 1. The van der Waals surface area contributed by atoms with Crippen LogP contribution in [0, 0.1) is 0 Å². The van der Waals surface area contributed by atoms with Gasteiger partial charge in [-0.25, -0.2) is 0 Å². The van der Waals surface area contributed by atoms with Crippen molar-refractivity contribution in [2.75, 3.05) is 7.05 Å². The summed E-state index contributed by atoms with van der Waals surface area (Å²) in [5, 5.41) is 1.89. The van der Waals surface area contributed by atoms with E-state index in [0.717, 1.165) is 15.6 Å². The Bertz CT molecular complexity index is 654. The van der Waals surface area contributed by atoms with Gasteiger partial charge >= 0.3 is 0 Å². The Morgan fingerprint density at radius 1 is 1.45 bits per heavy atom. The highest BCUT2D eigenvalue weighted by Crippen LogP contribution is 2.24. The van der Waals surface area contributed by atoms with Crippen LogP contribution >= 0.6 is 39.5 Å². The van der Waals surface area contributed by atoms with Gasteiger partial charge in [0.25, 0.3) is 5.91 Å². The third-order valence-corrected chi connectivity index (χ3v) is 4.85. The van der Waals surface area contributed by atoms with Gasteiger partial charge in [0.05, 0.1) is 0 Å². The molecule has 0 radical (unpaired) electrons. The Labute approximate surface area is 135 Å². The fraction of sp³-hybridized carbons (Fsp3) is 0.143. The van der Waals surface area contributed by atoms with Crippen LogP contribution in [-0.4, -0.2) is 22.8 Å². The molecule has 2 aromatic rings. The summed E-state index contributed by atoms with van der Waals surface area (Å²) < 4.78 is 0.830. The maximum atomic E-state index is 12.3. The first-order chi connectivity index (χ1) is 9.49. The molecule has 1 aromatic carbocycles. The van der Waals surface area contributed by atoms with Crippen molar-refractivity contribution < 1.29 is 4.79 Å². The number of carbonyl (C=O) groups is 1. The molecule has 0 spiro atoms. The third-order valence-electron chi connectivity index (χ3n) is 2.79. The van der Waals surface area contributed by atoms with Crippen LogP contribution in [0.3, 0.4) is 0 Å². The molecule has 1 heterocycles. The minimum atomic E-state index is -0.00685. The summed E-state index contributed by atoms with van der Waals surface area (Å²) >= 11 is 9.77. The van der Waals surface area contributed by atoms with Crippen LogP contribution < -0.4 is 5.73 Å². The van der Waals surface area contributed by atoms with E-state index in [1.165, 1.54) is 11.3 Å². The van der Waals surface area contributed by atoms with Crippen molar-refractivity contribution in [3.63, 3.8) is 0 Å². The van der Waals surface area contributed by atoms with Crippen LogP contribution in [0.4, 0.5) is 0 Å². The average molecular weight is 369 g/mol. The summed E-state index contributed by atoms with van der Waals surface area (Å²) in [5.41, 5.74) is 7.43. The van der Waals surface area contributed by atoms with Crippen LogP contribution in [0.1, 0.15) is 20.8 Å². The summed E-state index contributed by atoms with van der Waals surface area (Å²) in [5.74, 6) is -0.00685. The molecule has 0 atom stereocenters. The van der Waals surface area contributed by atoms with Crippen molar-refractivity contribution in [3.05, 3.63) is 56.2 Å². The Balaban J connectivity index is 2.14. The minimum Gasteiger partial charge on any atom is -0.389 e. The number of nitrogens with zero attached hydrogens (tertiary/aromatic N) is 1. The van der Waals surface area contributed by atoms with Gasteiger partial charge in [0.2, 0.25) is 0 Å². The summed E-state index contributed by atoms with van der Waals surface area (Å²) in [6, 6.07) is 9.50. The van der Waals surface area contributed by atoms with Crippen LogP contribution in [0.2, 0.25) is 0 Å². The van der Waals surface area contributed by atoms with Gasteiger partial charge in [0, 0.05) is 23.6 Å². The lowest BCUT2D eigenvalue weighted by atomic mass is 10.1.